The Morgan fingerprint density at radius 2 is 1.85 bits per heavy atom. The van der Waals surface area contributed by atoms with E-state index in [-0.39, 0.29) is 17.2 Å². The van der Waals surface area contributed by atoms with Gasteiger partial charge in [0.05, 0.1) is 6.26 Å². The molecule has 0 saturated heterocycles. The van der Waals surface area contributed by atoms with E-state index in [1.165, 1.54) is 18.4 Å². The minimum atomic E-state index is -0.843. The third-order valence-corrected chi connectivity index (χ3v) is 5.21. The molecule has 2 aromatic carbocycles. The van der Waals surface area contributed by atoms with Gasteiger partial charge in [-0.15, -0.1) is 0 Å². The third kappa shape index (κ3) is 5.66. The minimum absolute atomic E-state index is 0.124. The van der Waals surface area contributed by atoms with Gasteiger partial charge in [0.2, 0.25) is 5.91 Å². The molecule has 8 heteroatoms. The van der Waals surface area contributed by atoms with Crippen molar-refractivity contribution in [1.29, 1.82) is 0 Å². The van der Waals surface area contributed by atoms with Crippen molar-refractivity contribution in [2.24, 2.45) is 0 Å². The minimum Gasteiger partial charge on any atom is -0.459 e. The molecule has 172 valence electrons. The smallest absolute Gasteiger partial charge is 0.287 e. The number of hydrogen-bond acceptors (Lipinski definition) is 5. The summed E-state index contributed by atoms with van der Waals surface area (Å²) in [7, 11) is 0. The summed E-state index contributed by atoms with van der Waals surface area (Å²) >= 11 is 0. The van der Waals surface area contributed by atoms with E-state index in [2.05, 4.69) is 20.6 Å². The molecule has 4 rings (SSSR count). The number of anilines is 1. The van der Waals surface area contributed by atoms with Crippen LogP contribution in [0.2, 0.25) is 0 Å². The van der Waals surface area contributed by atoms with Crippen LogP contribution in [0.3, 0.4) is 0 Å². The van der Waals surface area contributed by atoms with Crippen molar-refractivity contribution in [2.45, 2.75) is 25.8 Å². The van der Waals surface area contributed by atoms with Crippen LogP contribution in [0.4, 0.5) is 5.69 Å². The summed E-state index contributed by atoms with van der Waals surface area (Å²) in [6.45, 7) is 1.92. The van der Waals surface area contributed by atoms with Crippen molar-refractivity contribution in [3.05, 3.63) is 106 Å². The number of nitrogens with zero attached hydrogens (tertiary/aromatic N) is 1. The summed E-state index contributed by atoms with van der Waals surface area (Å²) < 4.78 is 5.16. The Morgan fingerprint density at radius 3 is 2.59 bits per heavy atom. The van der Waals surface area contributed by atoms with Gasteiger partial charge in [-0.2, -0.15) is 0 Å². The van der Waals surface area contributed by atoms with E-state index >= 15 is 0 Å². The fourth-order valence-electron chi connectivity index (χ4n) is 3.50. The molecule has 2 heterocycles. The second-order valence-electron chi connectivity index (χ2n) is 7.70. The molecule has 0 aliphatic rings. The number of aromatic nitrogens is 2. The zero-order valence-electron chi connectivity index (χ0n) is 18.6. The molecule has 8 nitrogen and oxygen atoms in total. The lowest BCUT2D eigenvalue weighted by atomic mass is 10.0. The van der Waals surface area contributed by atoms with Crippen LogP contribution in [-0.4, -0.2) is 27.8 Å². The van der Waals surface area contributed by atoms with Gasteiger partial charge in [-0.3, -0.25) is 14.4 Å². The molecule has 1 atom stereocenters. The van der Waals surface area contributed by atoms with Crippen LogP contribution in [0.25, 0.3) is 11.4 Å². The number of aromatic amines is 1. The topological polar surface area (TPSA) is 117 Å². The highest BCUT2D eigenvalue weighted by molar-refractivity contribution is 6.00. The Kier molecular flexibility index (Phi) is 6.98. The van der Waals surface area contributed by atoms with E-state index in [1.54, 1.807) is 30.3 Å². The first-order valence-electron chi connectivity index (χ1n) is 10.9. The number of furan rings is 1. The number of hydrogen-bond donors (Lipinski definition) is 3. The highest BCUT2D eigenvalue weighted by atomic mass is 16.3. The molecule has 0 bridgehead atoms. The average Bonchev–Trinajstić information content (AvgIpc) is 3.39. The Balaban J connectivity index is 1.56. The largest absolute Gasteiger partial charge is 0.459 e. The van der Waals surface area contributed by atoms with E-state index in [0.29, 0.717) is 35.6 Å². The maximum absolute atomic E-state index is 13.2. The number of amides is 2. The van der Waals surface area contributed by atoms with E-state index in [1.807, 2.05) is 37.3 Å². The van der Waals surface area contributed by atoms with Gasteiger partial charge in [0, 0.05) is 29.4 Å². The van der Waals surface area contributed by atoms with E-state index in [9.17, 15) is 14.4 Å². The molecule has 0 saturated carbocycles. The molecule has 1 unspecified atom stereocenters. The number of carbonyl (C=O) groups is 2. The molecule has 0 aliphatic heterocycles. The van der Waals surface area contributed by atoms with Crippen molar-refractivity contribution < 1.29 is 14.0 Å². The Labute approximate surface area is 196 Å². The summed E-state index contributed by atoms with van der Waals surface area (Å²) in [5.74, 6) is -0.316. The van der Waals surface area contributed by atoms with Crippen molar-refractivity contribution >= 4 is 17.5 Å². The molecule has 0 radical (unpaired) electrons. The van der Waals surface area contributed by atoms with Gasteiger partial charge in [0.1, 0.15) is 11.9 Å². The van der Waals surface area contributed by atoms with Crippen LogP contribution >= 0.6 is 0 Å². The van der Waals surface area contributed by atoms with Gasteiger partial charge in [-0.25, -0.2) is 4.98 Å². The first-order valence-corrected chi connectivity index (χ1v) is 10.9. The van der Waals surface area contributed by atoms with Gasteiger partial charge < -0.3 is 20.0 Å². The Hall–Kier alpha value is -4.46. The van der Waals surface area contributed by atoms with Crippen LogP contribution < -0.4 is 16.2 Å². The number of carbonyl (C=O) groups excluding carboxylic acids is 2. The lowest BCUT2D eigenvalue weighted by Gasteiger charge is -2.18. The molecule has 2 amide bonds. The zero-order valence-corrected chi connectivity index (χ0v) is 18.6. The van der Waals surface area contributed by atoms with Gasteiger partial charge >= 0.3 is 0 Å². The van der Waals surface area contributed by atoms with Gasteiger partial charge in [0.25, 0.3) is 11.5 Å². The maximum Gasteiger partial charge on any atom is 0.287 e. The first kappa shape index (κ1) is 22.7. The average molecular weight is 457 g/mol. The molecule has 4 aromatic rings. The Bertz CT molecular complexity index is 1330. The van der Waals surface area contributed by atoms with Crippen molar-refractivity contribution in [3.8, 4) is 11.4 Å². The highest BCUT2D eigenvalue weighted by Crippen LogP contribution is 2.19. The molecule has 0 spiro atoms. The number of benzene rings is 2. The van der Waals surface area contributed by atoms with Crippen LogP contribution in [0.1, 0.15) is 28.7 Å². The number of aryl methyl sites for hydroxylation is 1. The summed E-state index contributed by atoms with van der Waals surface area (Å²) in [6.07, 6.45) is 2.33. The number of H-pyrrole nitrogens is 1. The fraction of sp³-hybridized carbons (Fsp3) is 0.154. The second-order valence-corrected chi connectivity index (χ2v) is 7.70. The monoisotopic (exact) mass is 456 g/mol. The number of rotatable bonds is 8. The van der Waals surface area contributed by atoms with E-state index in [4.69, 9.17) is 4.42 Å². The normalized spacial score (nSPS) is 11.6. The standard InChI is InChI=1S/C26H24N4O4/c1-2-19-16-23(31)30-24(27-19)18-10-6-11-20(15-18)28-25(32)21(14-17-8-4-3-5-9-17)29-26(33)22-12-7-13-34-22/h3-13,15-16,21H,2,14H2,1H3,(H,28,32)(H,29,33)(H,27,30,31). The van der Waals surface area contributed by atoms with E-state index in [0.717, 1.165) is 5.56 Å². The van der Waals surface area contributed by atoms with Crippen molar-refractivity contribution in [2.75, 3.05) is 5.32 Å². The van der Waals surface area contributed by atoms with Crippen LogP contribution in [0.5, 0.6) is 0 Å². The lowest BCUT2D eigenvalue weighted by Crippen LogP contribution is -2.45. The second kappa shape index (κ2) is 10.4. The molecule has 3 N–H and O–H groups in total. The van der Waals surface area contributed by atoms with Crippen LogP contribution in [0, 0.1) is 0 Å². The molecular formula is C26H24N4O4. The van der Waals surface area contributed by atoms with Crippen LogP contribution in [-0.2, 0) is 17.6 Å². The Morgan fingerprint density at radius 1 is 1.03 bits per heavy atom. The van der Waals surface area contributed by atoms with Crippen molar-refractivity contribution in [3.63, 3.8) is 0 Å². The predicted octanol–water partition coefficient (Wildman–Crippen LogP) is 3.57. The van der Waals surface area contributed by atoms with Crippen molar-refractivity contribution in [1.82, 2.24) is 15.3 Å². The molecule has 0 aliphatic carbocycles. The van der Waals surface area contributed by atoms with E-state index < -0.39 is 11.9 Å². The highest BCUT2D eigenvalue weighted by Gasteiger charge is 2.23. The van der Waals surface area contributed by atoms with Gasteiger partial charge in [0.15, 0.2) is 5.76 Å². The van der Waals surface area contributed by atoms with Gasteiger partial charge in [-0.05, 0) is 36.2 Å². The molecule has 2 aromatic heterocycles. The van der Waals surface area contributed by atoms with Gasteiger partial charge in [-0.1, -0.05) is 49.4 Å². The number of nitrogens with one attached hydrogen (secondary N) is 3. The quantitative estimate of drug-likeness (QED) is 0.375. The molecule has 0 fully saturated rings. The maximum atomic E-state index is 13.2. The first-order chi connectivity index (χ1) is 16.5. The summed E-state index contributed by atoms with van der Waals surface area (Å²) in [6, 6.07) is 20.2. The summed E-state index contributed by atoms with van der Waals surface area (Å²) in [5, 5.41) is 5.61. The molecule has 34 heavy (non-hydrogen) atoms. The summed E-state index contributed by atoms with van der Waals surface area (Å²) in [4.78, 5) is 44.9. The zero-order chi connectivity index (χ0) is 23.9. The third-order valence-electron chi connectivity index (χ3n) is 5.21. The van der Waals surface area contributed by atoms with Crippen LogP contribution in [0.15, 0.2) is 88.3 Å². The fourth-order valence-corrected chi connectivity index (χ4v) is 3.50. The SMILES string of the molecule is CCc1cc(=O)[nH]c(-c2cccc(NC(=O)C(Cc3ccccc3)NC(=O)c3ccco3)c2)n1. The molecular weight excluding hydrogens is 432 g/mol. The lowest BCUT2D eigenvalue weighted by molar-refractivity contribution is -0.118. The predicted molar refractivity (Wildman–Crippen MR) is 128 cm³/mol. The summed E-state index contributed by atoms with van der Waals surface area (Å²) in [5.41, 5.74) is 2.51.